The molecule has 4 rings (SSSR count). The first-order valence-electron chi connectivity index (χ1n) is 9.75. The van der Waals surface area contributed by atoms with E-state index in [9.17, 15) is 5.11 Å². The molecule has 0 amide bonds. The zero-order chi connectivity index (χ0) is 19.8. The van der Waals surface area contributed by atoms with Gasteiger partial charge in [-0.1, -0.05) is 20.0 Å². The van der Waals surface area contributed by atoms with Gasteiger partial charge in [-0.3, -0.25) is 5.92 Å². The molecule has 1 aliphatic carbocycles. The van der Waals surface area contributed by atoms with Gasteiger partial charge in [0.2, 0.25) is 0 Å². The molecule has 9 heteroatoms. The average Bonchev–Trinajstić information content (AvgIpc) is 3.28. The third-order valence-electron chi connectivity index (χ3n) is 5.10. The largest absolute Gasteiger partial charge is 2.00 e. The smallest absolute Gasteiger partial charge is 0.428 e. The number of hydrogen-bond acceptors (Lipinski definition) is 6. The molecule has 2 atom stereocenters. The summed E-state index contributed by atoms with van der Waals surface area (Å²) in [5.74, 6) is -0.254. The Bertz CT molecular complexity index is 804. The van der Waals surface area contributed by atoms with Crippen molar-refractivity contribution in [3.63, 3.8) is 0 Å². The Morgan fingerprint density at radius 3 is 2.50 bits per heavy atom. The summed E-state index contributed by atoms with van der Waals surface area (Å²) in [6, 6.07) is 0.847. The number of anilines is 1. The van der Waals surface area contributed by atoms with E-state index in [2.05, 4.69) is 28.7 Å². The second kappa shape index (κ2) is 12.6. The van der Waals surface area contributed by atoms with Crippen LogP contribution in [0.3, 0.4) is 0 Å². The van der Waals surface area contributed by atoms with Gasteiger partial charge in [0.25, 0.3) is 0 Å². The van der Waals surface area contributed by atoms with Crippen LogP contribution in [0, 0.1) is 13.3 Å². The quantitative estimate of drug-likeness (QED) is 0.251. The van der Waals surface area contributed by atoms with E-state index in [1.807, 2.05) is 6.33 Å². The molecular weight excluding hydrogens is 550 g/mol. The van der Waals surface area contributed by atoms with Gasteiger partial charge in [0.15, 0.2) is 11.4 Å². The van der Waals surface area contributed by atoms with Crippen LogP contribution in [0.4, 0.5) is 5.69 Å². The summed E-state index contributed by atoms with van der Waals surface area (Å²) in [5, 5.41) is 29.1. The number of aliphatic hydroxyl groups excluding tert-OH is 1. The summed E-state index contributed by atoms with van der Waals surface area (Å²) in [7, 11) is 0. The molecular formula is C21H34N4O3PdSr. The van der Waals surface area contributed by atoms with E-state index in [-0.39, 0.29) is 79.9 Å². The number of nitrogens with one attached hydrogen (secondary N) is 1. The fraction of sp³-hybridized carbons (Fsp3) is 0.619. The molecule has 1 fully saturated rings. The van der Waals surface area contributed by atoms with Crippen LogP contribution in [0.2, 0.25) is 0 Å². The molecule has 0 bridgehead atoms. The maximum absolute atomic E-state index is 9.35. The molecule has 7 nitrogen and oxygen atoms in total. The van der Waals surface area contributed by atoms with E-state index in [0.29, 0.717) is 12.1 Å². The minimum atomic E-state index is -1.50. The normalized spacial score (nSPS) is 20.2. The first-order valence-corrected chi connectivity index (χ1v) is 9.75. The summed E-state index contributed by atoms with van der Waals surface area (Å²) in [6.45, 7) is 7.19. The molecule has 2 aliphatic rings. The Hall–Kier alpha value is 0.443. The standard InChI is InChI=1S/C17H23N4O.C3H8O2.CH3.Pd.Sr/c1-3-14-13-6-10(2)19-15(13)16-17(20-14)21(9-18-16)12-5-4-11(7-12)8-22;1-3(2,4)5;;;/h9-10,12,19,22H,3-8H2,1-2H3;4-5H,1-2H3;1H3;;/q-1;;-1;;+2. The number of imidazole rings is 1. The van der Waals surface area contributed by atoms with Gasteiger partial charge in [-0.25, -0.2) is 9.97 Å². The average molecular weight is 585 g/mol. The van der Waals surface area contributed by atoms with E-state index in [0.717, 1.165) is 43.3 Å². The van der Waals surface area contributed by atoms with Crippen molar-refractivity contribution < 1.29 is 35.7 Å². The molecule has 3 heterocycles. The number of rotatable bonds is 3. The summed E-state index contributed by atoms with van der Waals surface area (Å²) in [5.41, 5.74) is 5.75. The summed E-state index contributed by atoms with van der Waals surface area (Å²) >= 11 is 0. The Kier molecular flexibility index (Phi) is 12.8. The molecule has 30 heavy (non-hydrogen) atoms. The fourth-order valence-electron chi connectivity index (χ4n) is 3.95. The number of fused-ring (bicyclic) bond motifs is 3. The van der Waals surface area contributed by atoms with Crippen LogP contribution < -0.4 is 5.32 Å². The molecule has 4 N–H and O–H groups in total. The van der Waals surface area contributed by atoms with E-state index in [1.54, 1.807) is 0 Å². The molecule has 1 saturated carbocycles. The first-order chi connectivity index (χ1) is 12.7. The molecule has 0 spiro atoms. The number of aryl methyl sites for hydroxylation is 1. The van der Waals surface area contributed by atoms with Crippen molar-refractivity contribution in [2.75, 3.05) is 11.9 Å². The number of pyridine rings is 1. The number of nitrogens with zero attached hydrogens (tertiary/aromatic N) is 3. The fourth-order valence-corrected chi connectivity index (χ4v) is 3.95. The van der Waals surface area contributed by atoms with Crippen LogP contribution >= 0.6 is 0 Å². The Morgan fingerprint density at radius 1 is 1.33 bits per heavy atom. The SMILES string of the molecule is CC(C)(O)O.CCc1nc2c(ncn2C2CC[C-](CO)C2)c2c1CC(C)N2.[CH3-].[Pd].[Sr+2]. The zero-order valence-corrected chi connectivity index (χ0v) is 23.7. The summed E-state index contributed by atoms with van der Waals surface area (Å²) in [6.07, 6.45) is 6.98. The van der Waals surface area contributed by atoms with Gasteiger partial charge >= 0.3 is 45.5 Å². The topological polar surface area (TPSA) is 103 Å². The van der Waals surface area contributed by atoms with Gasteiger partial charge in [0.1, 0.15) is 5.52 Å². The Balaban J connectivity index is 0.000000953. The van der Waals surface area contributed by atoms with E-state index in [1.165, 1.54) is 36.7 Å². The maximum atomic E-state index is 9.35. The zero-order valence-electron chi connectivity index (χ0n) is 18.7. The predicted molar refractivity (Wildman–Crippen MR) is 118 cm³/mol. The van der Waals surface area contributed by atoms with Gasteiger partial charge in [0.05, 0.1) is 12.0 Å². The van der Waals surface area contributed by atoms with E-state index >= 15 is 0 Å². The molecule has 2 unspecified atom stereocenters. The molecule has 0 saturated heterocycles. The van der Waals surface area contributed by atoms with Gasteiger partial charge in [-0.15, -0.1) is 0 Å². The van der Waals surface area contributed by atoms with Gasteiger partial charge in [0, 0.05) is 43.8 Å². The van der Waals surface area contributed by atoms with Crippen molar-refractivity contribution >= 4 is 62.3 Å². The minimum Gasteiger partial charge on any atom is -0.428 e. The third-order valence-corrected chi connectivity index (χ3v) is 5.10. The minimum absolute atomic E-state index is 0. The van der Waals surface area contributed by atoms with Crippen LogP contribution in [0.25, 0.3) is 11.2 Å². The van der Waals surface area contributed by atoms with Gasteiger partial charge < -0.3 is 32.6 Å². The number of hydrogen-bond donors (Lipinski definition) is 4. The summed E-state index contributed by atoms with van der Waals surface area (Å²) in [4.78, 5) is 9.61. The van der Waals surface area contributed by atoms with E-state index in [4.69, 9.17) is 15.2 Å². The monoisotopic (exact) mass is 584 g/mol. The van der Waals surface area contributed by atoms with E-state index < -0.39 is 5.79 Å². The van der Waals surface area contributed by atoms with Crippen molar-refractivity contribution in [1.82, 2.24) is 14.5 Å². The van der Waals surface area contributed by atoms with Crippen LogP contribution in [0.15, 0.2) is 6.33 Å². The van der Waals surface area contributed by atoms with Crippen LogP contribution in [-0.2, 0) is 33.3 Å². The van der Waals surface area contributed by atoms with Crippen LogP contribution in [0.1, 0.15) is 64.3 Å². The molecule has 2 aromatic rings. The summed E-state index contributed by atoms with van der Waals surface area (Å²) < 4.78 is 2.22. The number of aliphatic hydroxyl groups is 3. The second-order valence-corrected chi connectivity index (χ2v) is 8.14. The Labute approximate surface area is 231 Å². The van der Waals surface area contributed by atoms with Crippen molar-refractivity contribution in [1.29, 1.82) is 0 Å². The van der Waals surface area contributed by atoms with Crippen molar-refractivity contribution in [3.8, 4) is 0 Å². The van der Waals surface area contributed by atoms with Crippen molar-refractivity contribution in [3.05, 3.63) is 30.9 Å². The third kappa shape index (κ3) is 7.23. The molecule has 168 valence electrons. The van der Waals surface area contributed by atoms with Crippen LogP contribution in [0.5, 0.6) is 0 Å². The number of aromatic nitrogens is 3. The molecule has 0 aromatic carbocycles. The molecule has 1 aliphatic heterocycles. The van der Waals surface area contributed by atoms with Crippen molar-refractivity contribution in [2.24, 2.45) is 0 Å². The predicted octanol–water partition coefficient (Wildman–Crippen LogP) is 2.42. The van der Waals surface area contributed by atoms with Crippen molar-refractivity contribution in [2.45, 2.75) is 77.7 Å². The first kappa shape index (κ1) is 30.4. The second-order valence-electron chi connectivity index (χ2n) is 8.14. The Morgan fingerprint density at radius 2 is 1.97 bits per heavy atom. The van der Waals surface area contributed by atoms with Crippen LogP contribution in [-0.4, -0.2) is 93.8 Å². The van der Waals surface area contributed by atoms with Gasteiger partial charge in [-0.2, -0.15) is 12.8 Å². The molecule has 0 radical (unpaired) electrons. The maximum Gasteiger partial charge on any atom is 2.00 e. The molecule has 2 aromatic heterocycles. The van der Waals surface area contributed by atoms with Gasteiger partial charge in [-0.05, 0) is 33.6 Å².